The summed E-state index contributed by atoms with van der Waals surface area (Å²) in [6, 6.07) is 0. The molecule has 0 amide bonds. The van der Waals surface area contributed by atoms with E-state index in [0.29, 0.717) is 0 Å². The van der Waals surface area contributed by atoms with Gasteiger partial charge in [0.05, 0.1) is 0 Å². The van der Waals surface area contributed by atoms with Crippen LogP contribution in [0.3, 0.4) is 0 Å². The Hall–Kier alpha value is -1.31. The first kappa shape index (κ1) is 20.7. The van der Waals surface area contributed by atoms with Gasteiger partial charge in [0.25, 0.3) is 5.78 Å². The Bertz CT molecular complexity index is 399. The Kier molecular flexibility index (Phi) is 4.55. The molecule has 0 heterocycles. The van der Waals surface area contributed by atoms with Gasteiger partial charge < -0.3 is 0 Å². The van der Waals surface area contributed by atoms with Gasteiger partial charge in [0, 0.05) is 0 Å². The highest BCUT2D eigenvalue weighted by atomic mass is 19.4. The highest BCUT2D eigenvalue weighted by molar-refractivity contribution is 5.94. The number of hydrogen-bond donors (Lipinski definition) is 0. The highest BCUT2D eigenvalue weighted by Gasteiger charge is 2.85. The largest absolute Gasteiger partial charge is 0.460 e. The van der Waals surface area contributed by atoms with Gasteiger partial charge in [0.1, 0.15) is 0 Å². The van der Waals surface area contributed by atoms with Gasteiger partial charge in [-0.05, 0) is 0 Å². The quantitative estimate of drug-likeness (QED) is 0.681. The van der Waals surface area contributed by atoms with Crippen LogP contribution >= 0.6 is 0 Å². The average Bonchev–Trinajstić information content (AvgIpc) is 2.24. The monoisotopic (exact) mass is 366 g/mol. The molecule has 0 aliphatic heterocycles. The SMILES string of the molecule is O=C(C(F)(F)C(F)(F)C(F)(F)F)C(F)(F)C(F)(F)C(F)(F)F. The summed E-state index contributed by atoms with van der Waals surface area (Å²) in [5, 5.41) is 0. The third kappa shape index (κ3) is 2.68. The second-order valence-electron chi connectivity index (χ2n) is 3.62. The lowest BCUT2D eigenvalue weighted by atomic mass is 9.97. The predicted octanol–water partition coefficient (Wildman–Crippen LogP) is 4.22. The molecule has 0 aliphatic rings. The molecule has 15 heteroatoms. The minimum atomic E-state index is -7.61. The zero-order chi connectivity index (χ0) is 18.6. The summed E-state index contributed by atoms with van der Waals surface area (Å²) < 4.78 is 168. The summed E-state index contributed by atoms with van der Waals surface area (Å²) in [4.78, 5) is 10.2. The molecule has 0 aromatic rings. The van der Waals surface area contributed by atoms with Gasteiger partial charge in [-0.2, -0.15) is 61.5 Å². The Balaban J connectivity index is 6.07. The normalized spacial score (nSPS) is 15.9. The standard InChI is InChI=1S/C7F14O/c8-2(9,4(12,13)6(16,17)18)1(22)3(10,11)5(14,15)7(19,20)21. The zero-order valence-corrected chi connectivity index (χ0v) is 9.20. The smallest absolute Gasteiger partial charge is 0.286 e. The molecule has 0 bridgehead atoms. The summed E-state index contributed by atoms with van der Waals surface area (Å²) in [7, 11) is 0. The van der Waals surface area contributed by atoms with Crippen molar-refractivity contribution in [2.45, 2.75) is 36.0 Å². The number of carbonyl (C=O) groups is 1. The van der Waals surface area contributed by atoms with Crippen molar-refractivity contribution in [2.24, 2.45) is 0 Å². The Labute approximate surface area is 109 Å². The van der Waals surface area contributed by atoms with Crippen molar-refractivity contribution >= 4 is 5.78 Å². The predicted molar refractivity (Wildman–Crippen MR) is 36.9 cm³/mol. The van der Waals surface area contributed by atoms with Gasteiger partial charge in [-0.1, -0.05) is 0 Å². The van der Waals surface area contributed by atoms with Crippen LogP contribution in [-0.2, 0) is 4.79 Å². The van der Waals surface area contributed by atoms with E-state index in [1.54, 1.807) is 0 Å². The molecule has 0 radical (unpaired) electrons. The minimum absolute atomic E-state index is 5.23. The van der Waals surface area contributed by atoms with E-state index in [2.05, 4.69) is 0 Å². The number of ketones is 1. The summed E-state index contributed by atoms with van der Waals surface area (Å²) in [5.41, 5.74) is 0. The molecule has 132 valence electrons. The maximum Gasteiger partial charge on any atom is 0.460 e. The molecule has 0 aliphatic carbocycles. The van der Waals surface area contributed by atoms with Crippen LogP contribution in [0.1, 0.15) is 0 Å². The molecule has 0 saturated carbocycles. The molecular formula is C7F14O. The van der Waals surface area contributed by atoms with Crippen molar-refractivity contribution in [3.8, 4) is 0 Å². The van der Waals surface area contributed by atoms with Crippen LogP contribution in [0.5, 0.6) is 0 Å². The van der Waals surface area contributed by atoms with Crippen LogP contribution in [0.4, 0.5) is 61.5 Å². The third-order valence-electron chi connectivity index (χ3n) is 2.07. The maximum atomic E-state index is 12.5. The number of rotatable bonds is 4. The second-order valence-corrected chi connectivity index (χ2v) is 3.62. The summed E-state index contributed by atoms with van der Waals surface area (Å²) in [5.74, 6) is -35.6. The molecule has 0 spiro atoms. The molecule has 0 atom stereocenters. The van der Waals surface area contributed by atoms with Crippen molar-refractivity contribution in [3.05, 3.63) is 0 Å². The van der Waals surface area contributed by atoms with E-state index in [9.17, 15) is 66.3 Å². The molecule has 0 saturated heterocycles. The van der Waals surface area contributed by atoms with Crippen LogP contribution < -0.4 is 0 Å². The Morgan fingerprint density at radius 2 is 0.636 bits per heavy atom. The van der Waals surface area contributed by atoms with Gasteiger partial charge in [-0.25, -0.2) is 0 Å². The number of alkyl halides is 14. The van der Waals surface area contributed by atoms with Gasteiger partial charge in [-0.15, -0.1) is 0 Å². The molecule has 0 aromatic carbocycles. The van der Waals surface area contributed by atoms with Gasteiger partial charge in [-0.3, -0.25) is 4.79 Å². The van der Waals surface area contributed by atoms with E-state index in [1.165, 1.54) is 0 Å². The van der Waals surface area contributed by atoms with E-state index < -0.39 is 41.8 Å². The first-order valence-electron chi connectivity index (χ1n) is 4.35. The van der Waals surface area contributed by atoms with Crippen LogP contribution in [0.15, 0.2) is 0 Å². The Morgan fingerprint density at radius 1 is 0.455 bits per heavy atom. The molecular weight excluding hydrogens is 366 g/mol. The number of hydrogen-bond acceptors (Lipinski definition) is 1. The van der Waals surface area contributed by atoms with Crippen LogP contribution in [-0.4, -0.2) is 41.8 Å². The molecule has 0 fully saturated rings. The lowest BCUT2D eigenvalue weighted by molar-refractivity contribution is -0.366. The first-order chi connectivity index (χ1) is 9.15. The first-order valence-corrected chi connectivity index (χ1v) is 4.35. The lowest BCUT2D eigenvalue weighted by Gasteiger charge is -2.32. The maximum absolute atomic E-state index is 12.5. The van der Waals surface area contributed by atoms with Crippen LogP contribution in [0, 0.1) is 0 Å². The lowest BCUT2D eigenvalue weighted by Crippen LogP contribution is -2.66. The van der Waals surface area contributed by atoms with Gasteiger partial charge in [0.2, 0.25) is 0 Å². The van der Waals surface area contributed by atoms with Gasteiger partial charge in [0.15, 0.2) is 0 Å². The number of halogens is 14. The van der Waals surface area contributed by atoms with Gasteiger partial charge >= 0.3 is 36.0 Å². The second kappa shape index (κ2) is 4.84. The molecule has 1 nitrogen and oxygen atoms in total. The Morgan fingerprint density at radius 3 is 0.773 bits per heavy atom. The summed E-state index contributed by atoms with van der Waals surface area (Å²) in [6.45, 7) is 0. The third-order valence-corrected chi connectivity index (χ3v) is 2.07. The van der Waals surface area contributed by atoms with Crippen molar-refractivity contribution in [2.75, 3.05) is 0 Å². The van der Waals surface area contributed by atoms with E-state index in [1.807, 2.05) is 0 Å². The molecule has 0 aromatic heterocycles. The molecule has 0 N–H and O–H groups in total. The fourth-order valence-corrected chi connectivity index (χ4v) is 0.838. The number of Topliss-reactive ketones (excluding diaryl/α,β-unsaturated/α-hetero) is 1. The molecule has 0 unspecified atom stereocenters. The van der Waals surface area contributed by atoms with Crippen LogP contribution in [0.2, 0.25) is 0 Å². The van der Waals surface area contributed by atoms with E-state index in [0.717, 1.165) is 0 Å². The fourth-order valence-electron chi connectivity index (χ4n) is 0.838. The van der Waals surface area contributed by atoms with Crippen LogP contribution in [0.25, 0.3) is 0 Å². The van der Waals surface area contributed by atoms with Crippen molar-refractivity contribution in [1.82, 2.24) is 0 Å². The van der Waals surface area contributed by atoms with E-state index in [4.69, 9.17) is 0 Å². The molecule has 0 rings (SSSR count). The topological polar surface area (TPSA) is 17.1 Å². The average molecular weight is 366 g/mol. The summed E-state index contributed by atoms with van der Waals surface area (Å²) in [6.07, 6.45) is -14.8. The van der Waals surface area contributed by atoms with Crippen molar-refractivity contribution < 1.29 is 66.3 Å². The fraction of sp³-hybridized carbons (Fsp3) is 0.857. The van der Waals surface area contributed by atoms with Crippen molar-refractivity contribution in [1.29, 1.82) is 0 Å². The number of carbonyl (C=O) groups excluding carboxylic acids is 1. The van der Waals surface area contributed by atoms with E-state index in [-0.39, 0.29) is 0 Å². The van der Waals surface area contributed by atoms with E-state index >= 15 is 0 Å². The summed E-state index contributed by atoms with van der Waals surface area (Å²) >= 11 is 0. The minimum Gasteiger partial charge on any atom is -0.286 e. The van der Waals surface area contributed by atoms with Crippen molar-refractivity contribution in [3.63, 3.8) is 0 Å². The zero-order valence-electron chi connectivity index (χ0n) is 9.20. The molecule has 22 heavy (non-hydrogen) atoms. The highest BCUT2D eigenvalue weighted by Crippen LogP contribution is 2.53.